The van der Waals surface area contributed by atoms with Gasteiger partial charge >= 0.3 is 0 Å². The van der Waals surface area contributed by atoms with Gasteiger partial charge in [-0.15, -0.1) is 0 Å². The fourth-order valence-corrected chi connectivity index (χ4v) is 0.884. The average Bonchev–Trinajstić information content (AvgIpc) is 2.00. The van der Waals surface area contributed by atoms with Gasteiger partial charge in [0, 0.05) is 11.1 Å². The van der Waals surface area contributed by atoms with E-state index in [0.29, 0.717) is 0 Å². The molecule has 0 atom stereocenters. The smallest absolute Gasteiger partial charge is 0.137 e. The lowest BCUT2D eigenvalue weighted by atomic mass is 9.92. The summed E-state index contributed by atoms with van der Waals surface area (Å²) in [6.45, 7) is 6.12. The van der Waals surface area contributed by atoms with E-state index in [1.807, 2.05) is 20.8 Å². The molecule has 1 heterocycles. The summed E-state index contributed by atoms with van der Waals surface area (Å²) in [6, 6.07) is 3.40. The summed E-state index contributed by atoms with van der Waals surface area (Å²) in [6.07, 6.45) is 1.44. The van der Waals surface area contributed by atoms with Crippen LogP contribution in [0.15, 0.2) is 18.3 Å². The van der Waals surface area contributed by atoms with Gasteiger partial charge in [-0.3, -0.25) is 4.98 Å². The quantitative estimate of drug-likeness (QED) is 0.642. The maximum absolute atomic E-state index is 6.93. The first-order chi connectivity index (χ1) is 6.68. The highest BCUT2D eigenvalue weighted by Gasteiger charge is 2.14. The first-order valence-corrected chi connectivity index (χ1v) is 3.84. The Bertz CT molecular complexity index is 324. The molecule has 0 spiro atoms. The normalized spacial score (nSPS) is 16.1. The van der Waals surface area contributed by atoms with Crippen LogP contribution in [0.5, 0.6) is 5.75 Å². The van der Waals surface area contributed by atoms with Gasteiger partial charge in [0.2, 0.25) is 0 Å². The number of ether oxygens (including phenoxy) is 1. The molecule has 0 aromatic carbocycles. The highest BCUT2D eigenvalue weighted by atomic mass is 16.5. The van der Waals surface area contributed by atoms with Crippen LogP contribution in [0.25, 0.3) is 0 Å². The van der Waals surface area contributed by atoms with Crippen LogP contribution in [0.3, 0.4) is 0 Å². The minimum atomic E-state index is -2.41. The Kier molecular flexibility index (Phi) is 1.45. The van der Waals surface area contributed by atoms with E-state index in [0.717, 1.165) is 5.69 Å². The Hall–Kier alpha value is -1.05. The second kappa shape index (κ2) is 3.13. The summed E-state index contributed by atoms with van der Waals surface area (Å²) in [4.78, 5) is 4.16. The third-order valence-corrected chi connectivity index (χ3v) is 1.62. The van der Waals surface area contributed by atoms with Gasteiger partial charge in [-0.2, -0.15) is 0 Å². The van der Waals surface area contributed by atoms with Crippen molar-refractivity contribution in [2.45, 2.75) is 26.2 Å². The standard InChI is InChI=1S/C10H15NO/c1-10(2,3)9-6-5-8(12-4)7-11-9/h5-7H,1-4H3/i4D3. The summed E-state index contributed by atoms with van der Waals surface area (Å²) < 4.78 is 25.5. The minimum Gasteiger partial charge on any atom is -0.495 e. The topological polar surface area (TPSA) is 22.1 Å². The molecule has 66 valence electrons. The minimum absolute atomic E-state index is 0.0431. The van der Waals surface area contributed by atoms with Crippen LogP contribution in [0.1, 0.15) is 30.6 Å². The highest BCUT2D eigenvalue weighted by Crippen LogP contribution is 2.21. The SMILES string of the molecule is [2H]C([2H])([2H])Oc1ccc(C(C)(C)C)nc1. The van der Waals surface area contributed by atoms with E-state index < -0.39 is 7.04 Å². The second-order valence-corrected chi connectivity index (χ2v) is 3.73. The molecule has 0 radical (unpaired) electrons. The van der Waals surface area contributed by atoms with E-state index in [1.165, 1.54) is 6.20 Å². The van der Waals surface area contributed by atoms with Gasteiger partial charge in [0.25, 0.3) is 0 Å². The molecule has 0 fully saturated rings. The van der Waals surface area contributed by atoms with Crippen LogP contribution in [-0.4, -0.2) is 12.0 Å². The zero-order chi connectivity index (χ0) is 11.7. The highest BCUT2D eigenvalue weighted by molar-refractivity contribution is 5.23. The second-order valence-electron chi connectivity index (χ2n) is 3.73. The van der Waals surface area contributed by atoms with Gasteiger partial charge in [0.05, 0.1) is 17.3 Å². The van der Waals surface area contributed by atoms with E-state index in [4.69, 9.17) is 8.85 Å². The Morgan fingerprint density at radius 2 is 2.17 bits per heavy atom. The number of hydrogen-bond acceptors (Lipinski definition) is 2. The maximum Gasteiger partial charge on any atom is 0.137 e. The van der Waals surface area contributed by atoms with E-state index in [1.54, 1.807) is 12.1 Å². The summed E-state index contributed by atoms with van der Waals surface area (Å²) in [5.41, 5.74) is 0.860. The number of rotatable bonds is 1. The molecular formula is C10H15NO. The molecule has 0 unspecified atom stereocenters. The lowest BCUT2D eigenvalue weighted by Gasteiger charge is -2.17. The summed E-state index contributed by atoms with van der Waals surface area (Å²) >= 11 is 0. The molecular weight excluding hydrogens is 150 g/mol. The molecule has 0 bridgehead atoms. The molecule has 0 saturated carbocycles. The zero-order valence-corrected chi connectivity index (χ0v) is 7.59. The fraction of sp³-hybridized carbons (Fsp3) is 0.500. The lowest BCUT2D eigenvalue weighted by molar-refractivity contribution is 0.411. The van der Waals surface area contributed by atoms with Crippen molar-refractivity contribution in [3.8, 4) is 5.75 Å². The Morgan fingerprint density at radius 1 is 1.42 bits per heavy atom. The number of methoxy groups -OCH3 is 1. The molecule has 0 aliphatic carbocycles. The van der Waals surface area contributed by atoms with Crippen molar-refractivity contribution in [1.29, 1.82) is 0 Å². The van der Waals surface area contributed by atoms with E-state index >= 15 is 0 Å². The van der Waals surface area contributed by atoms with Gasteiger partial charge < -0.3 is 4.74 Å². The number of hydrogen-bond donors (Lipinski definition) is 0. The van der Waals surface area contributed by atoms with Crippen LogP contribution in [-0.2, 0) is 5.41 Å². The number of pyridine rings is 1. The van der Waals surface area contributed by atoms with Gasteiger partial charge in [0.1, 0.15) is 5.75 Å². The molecule has 0 aliphatic heterocycles. The van der Waals surface area contributed by atoms with Crippen LogP contribution in [0.2, 0.25) is 0 Å². The molecule has 1 aromatic heterocycles. The third-order valence-electron chi connectivity index (χ3n) is 1.62. The monoisotopic (exact) mass is 168 g/mol. The Morgan fingerprint density at radius 3 is 2.58 bits per heavy atom. The van der Waals surface area contributed by atoms with Crippen LogP contribution in [0.4, 0.5) is 0 Å². The predicted molar refractivity (Wildman–Crippen MR) is 49.5 cm³/mol. The van der Waals surface area contributed by atoms with Crippen molar-refractivity contribution in [3.05, 3.63) is 24.0 Å². The molecule has 0 N–H and O–H groups in total. The van der Waals surface area contributed by atoms with E-state index in [2.05, 4.69) is 4.98 Å². The van der Waals surface area contributed by atoms with Crippen molar-refractivity contribution in [3.63, 3.8) is 0 Å². The van der Waals surface area contributed by atoms with Crippen LogP contribution in [0, 0.1) is 0 Å². The van der Waals surface area contributed by atoms with Crippen LogP contribution >= 0.6 is 0 Å². The predicted octanol–water partition coefficient (Wildman–Crippen LogP) is 2.39. The molecule has 2 nitrogen and oxygen atoms in total. The van der Waals surface area contributed by atoms with Crippen LogP contribution < -0.4 is 4.74 Å². The van der Waals surface area contributed by atoms with Gasteiger partial charge in [0.15, 0.2) is 0 Å². The van der Waals surface area contributed by atoms with E-state index in [9.17, 15) is 0 Å². The van der Waals surface area contributed by atoms with Crippen molar-refractivity contribution in [1.82, 2.24) is 4.98 Å². The summed E-state index contributed by atoms with van der Waals surface area (Å²) in [5, 5.41) is 0. The van der Waals surface area contributed by atoms with E-state index in [-0.39, 0.29) is 11.2 Å². The molecule has 0 amide bonds. The van der Waals surface area contributed by atoms with Gasteiger partial charge in [-0.05, 0) is 12.1 Å². The number of aromatic nitrogens is 1. The lowest BCUT2D eigenvalue weighted by Crippen LogP contribution is -2.12. The van der Waals surface area contributed by atoms with Gasteiger partial charge in [-0.1, -0.05) is 20.8 Å². The molecule has 12 heavy (non-hydrogen) atoms. The summed E-state index contributed by atoms with van der Waals surface area (Å²) in [7, 11) is -2.41. The number of nitrogens with zero attached hydrogens (tertiary/aromatic N) is 1. The fourth-order valence-electron chi connectivity index (χ4n) is 0.884. The molecule has 2 heteroatoms. The molecule has 0 saturated heterocycles. The Balaban J connectivity index is 2.82. The first kappa shape index (κ1) is 5.57. The maximum atomic E-state index is 6.93. The van der Waals surface area contributed by atoms with Crippen molar-refractivity contribution in [2.75, 3.05) is 7.04 Å². The van der Waals surface area contributed by atoms with Crippen molar-refractivity contribution < 1.29 is 8.85 Å². The van der Waals surface area contributed by atoms with Crippen molar-refractivity contribution >= 4 is 0 Å². The molecule has 1 rings (SSSR count). The van der Waals surface area contributed by atoms with Crippen molar-refractivity contribution in [2.24, 2.45) is 0 Å². The largest absolute Gasteiger partial charge is 0.495 e. The molecule has 0 aliphatic rings. The first-order valence-electron chi connectivity index (χ1n) is 5.34. The summed E-state index contributed by atoms with van der Waals surface area (Å²) in [5.74, 6) is 0.267. The average molecular weight is 168 g/mol. The van der Waals surface area contributed by atoms with Gasteiger partial charge in [-0.25, -0.2) is 0 Å². The zero-order valence-electron chi connectivity index (χ0n) is 10.6. The molecule has 1 aromatic rings. The Labute approximate surface area is 77.8 Å². The third kappa shape index (κ3) is 1.97.